The third-order valence-electron chi connectivity index (χ3n) is 3.39. The number of nitrogen functional groups attached to an aromatic ring is 1. The van der Waals surface area contributed by atoms with Crippen LogP contribution in [0.3, 0.4) is 0 Å². The number of amides is 1. The van der Waals surface area contributed by atoms with Crippen LogP contribution < -0.4 is 15.8 Å². The molecule has 6 nitrogen and oxygen atoms in total. The van der Waals surface area contributed by atoms with Gasteiger partial charge in [-0.25, -0.2) is 0 Å². The molecule has 1 aromatic rings. The lowest BCUT2D eigenvalue weighted by molar-refractivity contribution is -0.127. The number of hydrogen-bond donors (Lipinski definition) is 3. The topological polar surface area (TPSA) is 93.8 Å². The van der Waals surface area contributed by atoms with Gasteiger partial charge >= 0.3 is 0 Å². The summed E-state index contributed by atoms with van der Waals surface area (Å²) in [7, 11) is 0. The Bertz CT molecular complexity index is 458. The Balaban J connectivity index is 1.85. The van der Waals surface area contributed by atoms with Gasteiger partial charge in [-0.3, -0.25) is 4.79 Å². The molecular weight excluding hydrogens is 260 g/mol. The van der Waals surface area contributed by atoms with Gasteiger partial charge in [-0.1, -0.05) is 6.07 Å². The quantitative estimate of drug-likeness (QED) is 0.675. The van der Waals surface area contributed by atoms with Crippen LogP contribution in [0.25, 0.3) is 0 Å². The molecule has 1 aliphatic heterocycles. The van der Waals surface area contributed by atoms with Gasteiger partial charge in [-0.2, -0.15) is 0 Å². The Morgan fingerprint density at radius 1 is 1.45 bits per heavy atom. The van der Waals surface area contributed by atoms with Gasteiger partial charge in [0.05, 0.1) is 12.1 Å². The largest absolute Gasteiger partial charge is 0.484 e. The SMILES string of the molecule is Nc1cccc(OCC(=O)NC2(CO)CCOCC2)c1. The Morgan fingerprint density at radius 3 is 2.85 bits per heavy atom. The second kappa shape index (κ2) is 6.58. The fraction of sp³-hybridized carbons (Fsp3) is 0.500. The van der Waals surface area contributed by atoms with Crippen molar-refractivity contribution in [3.05, 3.63) is 24.3 Å². The molecule has 1 aliphatic rings. The molecule has 20 heavy (non-hydrogen) atoms. The smallest absolute Gasteiger partial charge is 0.258 e. The van der Waals surface area contributed by atoms with E-state index < -0.39 is 5.54 Å². The van der Waals surface area contributed by atoms with Crippen molar-refractivity contribution in [2.75, 3.05) is 32.2 Å². The van der Waals surface area contributed by atoms with Crippen LogP contribution >= 0.6 is 0 Å². The summed E-state index contributed by atoms with van der Waals surface area (Å²) in [5, 5.41) is 12.3. The zero-order chi connectivity index (χ0) is 14.4. The minimum Gasteiger partial charge on any atom is -0.484 e. The van der Waals surface area contributed by atoms with Gasteiger partial charge in [0.2, 0.25) is 0 Å². The van der Waals surface area contributed by atoms with E-state index in [9.17, 15) is 9.90 Å². The van der Waals surface area contributed by atoms with Gasteiger partial charge in [0.15, 0.2) is 6.61 Å². The van der Waals surface area contributed by atoms with Gasteiger partial charge in [0.25, 0.3) is 5.91 Å². The summed E-state index contributed by atoms with van der Waals surface area (Å²) >= 11 is 0. The highest BCUT2D eigenvalue weighted by Gasteiger charge is 2.33. The second-order valence-electron chi connectivity index (χ2n) is 4.96. The predicted octanol–water partition coefficient (Wildman–Crippen LogP) is 0.305. The zero-order valence-corrected chi connectivity index (χ0v) is 11.3. The van der Waals surface area contributed by atoms with E-state index in [-0.39, 0.29) is 19.1 Å². The molecule has 0 atom stereocenters. The third-order valence-corrected chi connectivity index (χ3v) is 3.39. The van der Waals surface area contributed by atoms with E-state index in [1.807, 2.05) is 0 Å². The molecule has 0 aromatic heterocycles. The molecule has 110 valence electrons. The van der Waals surface area contributed by atoms with Crippen molar-refractivity contribution in [3.8, 4) is 5.75 Å². The van der Waals surface area contributed by atoms with Crippen LogP contribution in [0.5, 0.6) is 5.75 Å². The second-order valence-corrected chi connectivity index (χ2v) is 4.96. The number of nitrogens with one attached hydrogen (secondary N) is 1. The average Bonchev–Trinajstić information content (AvgIpc) is 2.46. The van der Waals surface area contributed by atoms with E-state index in [0.717, 1.165) is 0 Å². The molecule has 6 heteroatoms. The molecule has 1 fully saturated rings. The molecule has 0 spiro atoms. The minimum atomic E-state index is -0.589. The van der Waals surface area contributed by atoms with E-state index >= 15 is 0 Å². The fourth-order valence-electron chi connectivity index (χ4n) is 2.17. The summed E-state index contributed by atoms with van der Waals surface area (Å²) in [6.07, 6.45) is 1.21. The van der Waals surface area contributed by atoms with E-state index in [4.69, 9.17) is 15.2 Å². The molecule has 1 amide bonds. The zero-order valence-electron chi connectivity index (χ0n) is 11.3. The minimum absolute atomic E-state index is 0.0968. The number of hydrogen-bond acceptors (Lipinski definition) is 5. The van der Waals surface area contributed by atoms with E-state index in [0.29, 0.717) is 37.5 Å². The molecule has 1 heterocycles. The van der Waals surface area contributed by atoms with E-state index in [1.54, 1.807) is 24.3 Å². The van der Waals surface area contributed by atoms with Gasteiger partial charge in [-0.15, -0.1) is 0 Å². The number of aliphatic hydroxyl groups excluding tert-OH is 1. The Hall–Kier alpha value is -1.79. The highest BCUT2D eigenvalue weighted by molar-refractivity contribution is 5.78. The molecule has 0 unspecified atom stereocenters. The maximum atomic E-state index is 11.9. The number of ether oxygens (including phenoxy) is 2. The lowest BCUT2D eigenvalue weighted by Gasteiger charge is -2.36. The molecule has 0 saturated carbocycles. The lowest BCUT2D eigenvalue weighted by atomic mass is 9.91. The summed E-state index contributed by atoms with van der Waals surface area (Å²) in [5.74, 6) is 0.286. The molecule has 1 aromatic carbocycles. The number of nitrogens with two attached hydrogens (primary N) is 1. The number of carbonyl (C=O) groups excluding carboxylic acids is 1. The van der Waals surface area contributed by atoms with Crippen LogP contribution in [0, 0.1) is 0 Å². The Labute approximate surface area is 117 Å². The molecule has 0 bridgehead atoms. The summed E-state index contributed by atoms with van der Waals surface area (Å²) in [6, 6.07) is 6.90. The van der Waals surface area contributed by atoms with Crippen molar-refractivity contribution in [2.45, 2.75) is 18.4 Å². The monoisotopic (exact) mass is 280 g/mol. The number of rotatable bonds is 5. The first-order valence-corrected chi connectivity index (χ1v) is 6.61. The maximum Gasteiger partial charge on any atom is 0.258 e. The number of aliphatic hydroxyl groups is 1. The predicted molar refractivity (Wildman–Crippen MR) is 74.4 cm³/mol. The number of benzene rings is 1. The molecule has 1 saturated heterocycles. The summed E-state index contributed by atoms with van der Waals surface area (Å²) in [4.78, 5) is 11.9. The molecule has 4 N–H and O–H groups in total. The van der Waals surface area contributed by atoms with Crippen LogP contribution in [0.1, 0.15) is 12.8 Å². The summed E-state index contributed by atoms with van der Waals surface area (Å²) in [5.41, 5.74) is 5.62. The molecule has 0 aliphatic carbocycles. The summed E-state index contributed by atoms with van der Waals surface area (Å²) < 4.78 is 10.6. The van der Waals surface area contributed by atoms with Crippen LogP contribution in [-0.4, -0.2) is 43.0 Å². The molecule has 2 rings (SSSR count). The van der Waals surface area contributed by atoms with Gasteiger partial charge in [0.1, 0.15) is 5.75 Å². The maximum absolute atomic E-state index is 11.9. The number of carbonyl (C=O) groups is 1. The van der Waals surface area contributed by atoms with Crippen LogP contribution in [0.4, 0.5) is 5.69 Å². The third kappa shape index (κ3) is 3.85. The van der Waals surface area contributed by atoms with E-state index in [1.165, 1.54) is 0 Å². The average molecular weight is 280 g/mol. The fourth-order valence-corrected chi connectivity index (χ4v) is 2.17. The first kappa shape index (κ1) is 14.6. The normalized spacial score (nSPS) is 17.4. The van der Waals surface area contributed by atoms with Crippen LogP contribution in [-0.2, 0) is 9.53 Å². The first-order chi connectivity index (χ1) is 9.63. The van der Waals surface area contributed by atoms with Crippen molar-refractivity contribution in [2.24, 2.45) is 0 Å². The highest BCUT2D eigenvalue weighted by atomic mass is 16.5. The summed E-state index contributed by atoms with van der Waals surface area (Å²) in [6.45, 7) is 0.875. The first-order valence-electron chi connectivity index (χ1n) is 6.61. The van der Waals surface area contributed by atoms with E-state index in [2.05, 4.69) is 5.32 Å². The Morgan fingerprint density at radius 2 is 2.20 bits per heavy atom. The van der Waals surface area contributed by atoms with Gasteiger partial charge < -0.3 is 25.6 Å². The van der Waals surface area contributed by atoms with Crippen molar-refractivity contribution >= 4 is 11.6 Å². The van der Waals surface area contributed by atoms with Crippen LogP contribution in [0.15, 0.2) is 24.3 Å². The Kier molecular flexibility index (Phi) is 4.81. The standard InChI is InChI=1S/C14H20N2O4/c15-11-2-1-3-12(8-11)20-9-13(18)16-14(10-17)4-6-19-7-5-14/h1-3,8,17H,4-7,9-10,15H2,(H,16,18). The number of anilines is 1. The van der Waals surface area contributed by atoms with Crippen molar-refractivity contribution in [1.29, 1.82) is 0 Å². The highest BCUT2D eigenvalue weighted by Crippen LogP contribution is 2.20. The lowest BCUT2D eigenvalue weighted by Crippen LogP contribution is -2.55. The van der Waals surface area contributed by atoms with Crippen molar-refractivity contribution < 1.29 is 19.4 Å². The molecular formula is C14H20N2O4. The van der Waals surface area contributed by atoms with Gasteiger partial charge in [-0.05, 0) is 25.0 Å². The van der Waals surface area contributed by atoms with Crippen LogP contribution in [0.2, 0.25) is 0 Å². The van der Waals surface area contributed by atoms with Crippen molar-refractivity contribution in [1.82, 2.24) is 5.32 Å². The van der Waals surface area contributed by atoms with Gasteiger partial charge in [0, 0.05) is 25.0 Å². The molecule has 0 radical (unpaired) electrons. The van der Waals surface area contributed by atoms with Crippen molar-refractivity contribution in [3.63, 3.8) is 0 Å².